The van der Waals surface area contributed by atoms with Gasteiger partial charge in [0.05, 0.1) is 24.5 Å². The van der Waals surface area contributed by atoms with Crippen molar-refractivity contribution in [3.8, 4) is 0 Å². The largest absolute Gasteiger partial charge is 0.399 e. The topological polar surface area (TPSA) is 73.6 Å². The molecule has 0 saturated heterocycles. The second-order valence-corrected chi connectivity index (χ2v) is 6.16. The average molecular weight is 345 g/mol. The molecule has 0 radical (unpaired) electrons. The van der Waals surface area contributed by atoms with E-state index in [1.807, 2.05) is 20.8 Å². The van der Waals surface area contributed by atoms with Crippen molar-refractivity contribution in [3.63, 3.8) is 0 Å². The molecule has 20 heavy (non-hydrogen) atoms. The van der Waals surface area contributed by atoms with Crippen molar-refractivity contribution < 1.29 is 14.3 Å². The van der Waals surface area contributed by atoms with Crippen LogP contribution in [-0.2, 0) is 14.3 Å². The molecule has 0 aromatic heterocycles. The van der Waals surface area contributed by atoms with Crippen molar-refractivity contribution in [2.45, 2.75) is 26.4 Å². The van der Waals surface area contributed by atoms with Crippen LogP contribution in [0, 0.1) is 0 Å². The normalized spacial score (nSPS) is 11.4. The monoisotopic (exact) mass is 344 g/mol. The zero-order valence-corrected chi connectivity index (χ0v) is 13.6. The summed E-state index contributed by atoms with van der Waals surface area (Å²) in [4.78, 5) is 11.7. The van der Waals surface area contributed by atoms with Crippen molar-refractivity contribution in [2.24, 2.45) is 0 Å². The Morgan fingerprint density at radius 2 is 2.05 bits per heavy atom. The van der Waals surface area contributed by atoms with Crippen LogP contribution in [0.25, 0.3) is 0 Å². The Labute approximate surface area is 127 Å². The van der Waals surface area contributed by atoms with Crippen molar-refractivity contribution in [2.75, 3.05) is 30.9 Å². The summed E-state index contributed by atoms with van der Waals surface area (Å²) in [6, 6.07) is 5.19. The fraction of sp³-hybridized carbons (Fsp3) is 0.500. The summed E-state index contributed by atoms with van der Waals surface area (Å²) < 4.78 is 11.5. The van der Waals surface area contributed by atoms with Gasteiger partial charge in [0, 0.05) is 10.2 Å². The molecule has 1 amide bonds. The van der Waals surface area contributed by atoms with Gasteiger partial charge in [-0.15, -0.1) is 0 Å². The van der Waals surface area contributed by atoms with Gasteiger partial charge in [-0.05, 0) is 54.9 Å². The van der Waals surface area contributed by atoms with Gasteiger partial charge in [-0.25, -0.2) is 0 Å². The fourth-order valence-electron chi connectivity index (χ4n) is 1.39. The molecule has 1 aromatic carbocycles. The van der Waals surface area contributed by atoms with Crippen molar-refractivity contribution >= 4 is 33.2 Å². The molecular formula is C14H21BrN2O3. The first kappa shape index (κ1) is 16.9. The fourth-order valence-corrected chi connectivity index (χ4v) is 1.89. The molecule has 0 saturated carbocycles. The highest BCUT2D eigenvalue weighted by atomic mass is 79.9. The molecule has 0 atom stereocenters. The summed E-state index contributed by atoms with van der Waals surface area (Å²) in [7, 11) is 0. The highest BCUT2D eigenvalue weighted by molar-refractivity contribution is 9.10. The molecule has 112 valence electrons. The number of hydrogen-bond donors (Lipinski definition) is 2. The summed E-state index contributed by atoms with van der Waals surface area (Å²) in [5, 5.41) is 2.74. The molecule has 0 fully saturated rings. The summed E-state index contributed by atoms with van der Waals surface area (Å²) in [5.41, 5.74) is 6.73. The molecule has 1 aromatic rings. The predicted molar refractivity (Wildman–Crippen MR) is 83.7 cm³/mol. The molecule has 0 unspecified atom stereocenters. The number of halogens is 1. The van der Waals surface area contributed by atoms with Crippen LogP contribution >= 0.6 is 15.9 Å². The molecule has 3 N–H and O–H groups in total. The van der Waals surface area contributed by atoms with Crippen LogP contribution in [0.3, 0.4) is 0 Å². The van der Waals surface area contributed by atoms with Gasteiger partial charge < -0.3 is 20.5 Å². The number of benzene rings is 1. The molecule has 0 heterocycles. The molecule has 0 aliphatic carbocycles. The van der Waals surface area contributed by atoms with E-state index in [1.54, 1.807) is 18.2 Å². The summed E-state index contributed by atoms with van der Waals surface area (Å²) in [6.07, 6.45) is 0. The zero-order chi connectivity index (χ0) is 15.2. The first-order chi connectivity index (χ1) is 9.28. The van der Waals surface area contributed by atoms with Crippen LogP contribution in [0.2, 0.25) is 0 Å². The second-order valence-electron chi connectivity index (χ2n) is 5.30. The Morgan fingerprint density at radius 1 is 1.35 bits per heavy atom. The number of hydrogen-bond acceptors (Lipinski definition) is 4. The van der Waals surface area contributed by atoms with Gasteiger partial charge in [0.15, 0.2) is 0 Å². The van der Waals surface area contributed by atoms with Gasteiger partial charge in [0.25, 0.3) is 0 Å². The highest BCUT2D eigenvalue weighted by Crippen LogP contribution is 2.24. The van der Waals surface area contributed by atoms with Gasteiger partial charge in [0.1, 0.15) is 6.61 Å². The third-order valence-electron chi connectivity index (χ3n) is 2.26. The van der Waals surface area contributed by atoms with Gasteiger partial charge >= 0.3 is 0 Å². The minimum atomic E-state index is -0.216. The number of nitrogens with two attached hydrogens (primary N) is 1. The van der Waals surface area contributed by atoms with Gasteiger partial charge in [0.2, 0.25) is 5.91 Å². The maximum Gasteiger partial charge on any atom is 0.250 e. The summed E-state index contributed by atoms with van der Waals surface area (Å²) in [6.45, 7) is 6.75. The SMILES string of the molecule is CC(C)(C)OCCOCC(=O)Nc1ccc(N)cc1Br. The molecule has 1 rings (SSSR count). The number of anilines is 2. The zero-order valence-electron chi connectivity index (χ0n) is 12.0. The first-order valence-electron chi connectivity index (χ1n) is 6.34. The molecule has 0 aliphatic heterocycles. The minimum absolute atomic E-state index is 0.00960. The number of carbonyl (C=O) groups excluding carboxylic acids is 1. The molecule has 6 heteroatoms. The maximum absolute atomic E-state index is 11.7. The smallest absolute Gasteiger partial charge is 0.250 e. The number of ether oxygens (including phenoxy) is 2. The van der Waals surface area contributed by atoms with E-state index in [2.05, 4.69) is 21.2 Å². The van der Waals surface area contributed by atoms with Crippen LogP contribution < -0.4 is 11.1 Å². The Hall–Kier alpha value is -1.11. The quantitative estimate of drug-likeness (QED) is 0.614. The number of rotatable bonds is 6. The maximum atomic E-state index is 11.7. The average Bonchev–Trinajstić information content (AvgIpc) is 2.31. The molecule has 0 spiro atoms. The van der Waals surface area contributed by atoms with E-state index in [9.17, 15) is 4.79 Å². The van der Waals surface area contributed by atoms with E-state index in [1.165, 1.54) is 0 Å². The van der Waals surface area contributed by atoms with E-state index >= 15 is 0 Å². The van der Waals surface area contributed by atoms with Crippen molar-refractivity contribution in [3.05, 3.63) is 22.7 Å². The third-order valence-corrected chi connectivity index (χ3v) is 2.92. The first-order valence-corrected chi connectivity index (χ1v) is 7.14. The number of carbonyl (C=O) groups is 1. The Balaban J connectivity index is 2.27. The lowest BCUT2D eigenvalue weighted by Crippen LogP contribution is -2.24. The predicted octanol–water partition coefficient (Wildman–Crippen LogP) is 2.80. The lowest BCUT2D eigenvalue weighted by atomic mass is 10.2. The van der Waals surface area contributed by atoms with Crippen LogP contribution in [0.4, 0.5) is 11.4 Å². The molecule has 0 bridgehead atoms. The van der Waals surface area contributed by atoms with Crippen LogP contribution in [0.5, 0.6) is 0 Å². The van der Waals surface area contributed by atoms with E-state index in [-0.39, 0.29) is 18.1 Å². The van der Waals surface area contributed by atoms with Gasteiger partial charge in [-0.2, -0.15) is 0 Å². The van der Waals surface area contributed by atoms with E-state index in [0.29, 0.717) is 24.6 Å². The van der Waals surface area contributed by atoms with Crippen molar-refractivity contribution in [1.82, 2.24) is 0 Å². The lowest BCUT2D eigenvalue weighted by molar-refractivity contribution is -0.121. The van der Waals surface area contributed by atoms with Gasteiger partial charge in [-0.1, -0.05) is 0 Å². The molecular weight excluding hydrogens is 324 g/mol. The van der Waals surface area contributed by atoms with Crippen LogP contribution in [0.15, 0.2) is 22.7 Å². The minimum Gasteiger partial charge on any atom is -0.399 e. The lowest BCUT2D eigenvalue weighted by Gasteiger charge is -2.19. The highest BCUT2D eigenvalue weighted by Gasteiger charge is 2.10. The Bertz CT molecular complexity index is 458. The standard InChI is InChI=1S/C14H21BrN2O3/c1-14(2,3)20-7-6-19-9-13(18)17-12-5-4-10(16)8-11(12)15/h4-5,8H,6-7,9,16H2,1-3H3,(H,17,18). The second kappa shape index (κ2) is 7.61. The number of nitrogens with one attached hydrogen (secondary N) is 1. The van der Waals surface area contributed by atoms with E-state index < -0.39 is 0 Å². The number of amides is 1. The number of nitrogen functional groups attached to an aromatic ring is 1. The third kappa shape index (κ3) is 6.88. The van der Waals surface area contributed by atoms with E-state index in [4.69, 9.17) is 15.2 Å². The van der Waals surface area contributed by atoms with Gasteiger partial charge in [-0.3, -0.25) is 4.79 Å². The van der Waals surface area contributed by atoms with E-state index in [0.717, 1.165) is 4.47 Å². The summed E-state index contributed by atoms with van der Waals surface area (Å²) >= 11 is 3.33. The summed E-state index contributed by atoms with van der Waals surface area (Å²) in [5.74, 6) is -0.216. The van der Waals surface area contributed by atoms with Crippen LogP contribution in [0.1, 0.15) is 20.8 Å². The Morgan fingerprint density at radius 3 is 2.65 bits per heavy atom. The Kier molecular flexibility index (Phi) is 6.45. The van der Waals surface area contributed by atoms with Crippen molar-refractivity contribution in [1.29, 1.82) is 0 Å². The molecule has 0 aliphatic rings. The molecule has 5 nitrogen and oxygen atoms in total. The van der Waals surface area contributed by atoms with Crippen LogP contribution in [-0.4, -0.2) is 31.3 Å².